The van der Waals surface area contributed by atoms with E-state index in [0.717, 1.165) is 5.56 Å². The molecule has 0 heterocycles. The highest BCUT2D eigenvalue weighted by Crippen LogP contribution is 2.28. The second-order valence-electron chi connectivity index (χ2n) is 4.29. The van der Waals surface area contributed by atoms with Gasteiger partial charge in [-0.2, -0.15) is 4.72 Å². The van der Waals surface area contributed by atoms with Crippen LogP contribution < -0.4 is 9.46 Å². The van der Waals surface area contributed by atoms with Crippen molar-refractivity contribution in [2.75, 3.05) is 7.11 Å². The highest BCUT2D eigenvalue weighted by Gasteiger charge is 2.26. The Morgan fingerprint density at radius 2 is 1.95 bits per heavy atom. The first-order valence-corrected chi connectivity index (χ1v) is 7.07. The second kappa shape index (κ2) is 5.58. The van der Waals surface area contributed by atoms with E-state index in [1.54, 1.807) is 19.1 Å². The highest BCUT2D eigenvalue weighted by molar-refractivity contribution is 7.89. The molecule has 19 heavy (non-hydrogen) atoms. The maximum absolute atomic E-state index is 12.2. The third kappa shape index (κ3) is 3.45. The minimum atomic E-state index is -3.95. The Balaban J connectivity index is 3.32. The molecule has 0 unspecified atom stereocenters. The molecule has 6 nitrogen and oxygen atoms in total. The fourth-order valence-corrected chi connectivity index (χ4v) is 3.33. The predicted molar refractivity (Wildman–Crippen MR) is 69.9 cm³/mol. The van der Waals surface area contributed by atoms with Crippen molar-refractivity contribution in [1.29, 1.82) is 0 Å². The summed E-state index contributed by atoms with van der Waals surface area (Å²) in [5.74, 6) is -1.05. The minimum absolute atomic E-state index is 0.0336. The third-order valence-electron chi connectivity index (χ3n) is 2.58. The second-order valence-corrected chi connectivity index (χ2v) is 5.95. The van der Waals surface area contributed by atoms with Crippen molar-refractivity contribution >= 4 is 16.0 Å². The van der Waals surface area contributed by atoms with Gasteiger partial charge in [-0.05, 0) is 38.0 Å². The number of ether oxygens (including phenoxy) is 1. The lowest BCUT2D eigenvalue weighted by atomic mass is 10.1. The molecule has 1 rings (SSSR count). The molecule has 0 aromatic heterocycles. The van der Waals surface area contributed by atoms with Crippen molar-refractivity contribution in [3.63, 3.8) is 0 Å². The minimum Gasteiger partial charge on any atom is -0.495 e. The molecule has 106 valence electrons. The molecule has 1 aromatic carbocycles. The van der Waals surface area contributed by atoms with Crippen molar-refractivity contribution in [3.8, 4) is 5.75 Å². The van der Waals surface area contributed by atoms with Crippen LogP contribution in [0.5, 0.6) is 5.75 Å². The summed E-state index contributed by atoms with van der Waals surface area (Å²) in [6.45, 7) is 4.71. The van der Waals surface area contributed by atoms with Crippen molar-refractivity contribution in [2.45, 2.75) is 31.7 Å². The van der Waals surface area contributed by atoms with E-state index in [1.807, 2.05) is 6.92 Å². The fraction of sp³-hybridized carbons (Fsp3) is 0.417. The number of rotatable bonds is 5. The summed E-state index contributed by atoms with van der Waals surface area (Å²) in [6.07, 6.45) is 0. The van der Waals surface area contributed by atoms with Crippen molar-refractivity contribution in [2.24, 2.45) is 0 Å². The molecular weight excluding hydrogens is 270 g/mol. The maximum Gasteiger partial charge on any atom is 0.321 e. The van der Waals surface area contributed by atoms with Gasteiger partial charge in [0.2, 0.25) is 10.0 Å². The zero-order chi connectivity index (χ0) is 14.8. The van der Waals surface area contributed by atoms with E-state index in [9.17, 15) is 13.2 Å². The van der Waals surface area contributed by atoms with Crippen LogP contribution in [0.4, 0.5) is 0 Å². The Kier molecular flexibility index (Phi) is 4.54. The summed E-state index contributed by atoms with van der Waals surface area (Å²) >= 11 is 0. The first-order chi connectivity index (χ1) is 8.69. The average Bonchev–Trinajstić information content (AvgIpc) is 2.26. The monoisotopic (exact) mass is 287 g/mol. The first kappa shape index (κ1) is 15.5. The van der Waals surface area contributed by atoms with E-state index in [-0.39, 0.29) is 10.6 Å². The molecular formula is C12H17NO5S. The quantitative estimate of drug-likeness (QED) is 0.845. The molecule has 0 aliphatic carbocycles. The Labute approximate surface area is 112 Å². The molecule has 0 aliphatic rings. The molecule has 0 fully saturated rings. The normalized spacial score (nSPS) is 13.1. The van der Waals surface area contributed by atoms with E-state index >= 15 is 0 Å². The summed E-state index contributed by atoms with van der Waals surface area (Å²) in [6, 6.07) is 2.07. The van der Waals surface area contributed by atoms with E-state index in [1.165, 1.54) is 14.0 Å². The number of sulfonamides is 1. The van der Waals surface area contributed by atoms with Crippen LogP contribution in [0.1, 0.15) is 18.1 Å². The molecule has 0 aliphatic heterocycles. The van der Waals surface area contributed by atoms with Crippen LogP contribution >= 0.6 is 0 Å². The number of benzene rings is 1. The van der Waals surface area contributed by atoms with Crippen LogP contribution in [0.2, 0.25) is 0 Å². The Morgan fingerprint density at radius 1 is 1.37 bits per heavy atom. The van der Waals surface area contributed by atoms with E-state index in [4.69, 9.17) is 9.84 Å². The lowest BCUT2D eigenvalue weighted by Crippen LogP contribution is -2.38. The Hall–Kier alpha value is -1.60. The summed E-state index contributed by atoms with van der Waals surface area (Å²) in [5.41, 5.74) is 1.36. The Bertz CT molecular complexity index is 594. The zero-order valence-electron chi connectivity index (χ0n) is 11.2. The van der Waals surface area contributed by atoms with Gasteiger partial charge in [0.15, 0.2) is 0 Å². The molecule has 1 aromatic rings. The molecule has 0 spiro atoms. The topological polar surface area (TPSA) is 92.7 Å². The largest absolute Gasteiger partial charge is 0.495 e. The van der Waals surface area contributed by atoms with Gasteiger partial charge in [-0.25, -0.2) is 8.42 Å². The van der Waals surface area contributed by atoms with Crippen LogP contribution in [-0.2, 0) is 14.8 Å². The zero-order valence-corrected chi connectivity index (χ0v) is 12.0. The SMILES string of the molecule is COc1cc(C)cc(C)c1S(=O)(=O)N[C@@H](C)C(=O)O. The number of methoxy groups -OCH3 is 1. The highest BCUT2D eigenvalue weighted by atomic mass is 32.2. The van der Waals surface area contributed by atoms with E-state index < -0.39 is 22.0 Å². The van der Waals surface area contributed by atoms with Crippen molar-refractivity contribution in [3.05, 3.63) is 23.3 Å². The molecule has 7 heteroatoms. The van der Waals surface area contributed by atoms with Gasteiger partial charge in [-0.15, -0.1) is 0 Å². The summed E-state index contributed by atoms with van der Waals surface area (Å²) in [5, 5.41) is 8.77. The van der Waals surface area contributed by atoms with Crippen LogP contribution in [0.3, 0.4) is 0 Å². The van der Waals surface area contributed by atoms with Gasteiger partial charge in [-0.1, -0.05) is 6.07 Å². The number of aliphatic carboxylic acids is 1. The van der Waals surface area contributed by atoms with Gasteiger partial charge in [0.1, 0.15) is 16.7 Å². The number of aryl methyl sites for hydroxylation is 2. The number of hydrogen-bond donors (Lipinski definition) is 2. The average molecular weight is 287 g/mol. The van der Waals surface area contributed by atoms with Crippen LogP contribution in [-0.4, -0.2) is 32.6 Å². The molecule has 0 radical (unpaired) electrons. The number of hydrogen-bond acceptors (Lipinski definition) is 4. The smallest absolute Gasteiger partial charge is 0.321 e. The predicted octanol–water partition coefficient (Wildman–Crippen LogP) is 1.06. The molecule has 1 atom stereocenters. The van der Waals surface area contributed by atoms with E-state index in [2.05, 4.69) is 4.72 Å². The lowest BCUT2D eigenvalue weighted by Gasteiger charge is -2.15. The number of carbonyl (C=O) groups is 1. The lowest BCUT2D eigenvalue weighted by molar-refractivity contribution is -0.138. The molecule has 0 saturated carbocycles. The van der Waals surface area contributed by atoms with Gasteiger partial charge in [0, 0.05) is 0 Å². The van der Waals surface area contributed by atoms with Gasteiger partial charge in [-0.3, -0.25) is 4.79 Å². The third-order valence-corrected chi connectivity index (χ3v) is 4.30. The number of carboxylic acid groups (broad SMARTS) is 1. The summed E-state index contributed by atoms with van der Waals surface area (Å²) in [7, 11) is -2.58. The Morgan fingerprint density at radius 3 is 2.42 bits per heavy atom. The van der Waals surface area contributed by atoms with Crippen LogP contribution in [0.25, 0.3) is 0 Å². The molecule has 0 bridgehead atoms. The summed E-state index contributed by atoms with van der Waals surface area (Å²) < 4.78 is 31.6. The van der Waals surface area contributed by atoms with Gasteiger partial charge in [0.05, 0.1) is 7.11 Å². The summed E-state index contributed by atoms with van der Waals surface area (Å²) in [4.78, 5) is 10.7. The van der Waals surface area contributed by atoms with Gasteiger partial charge < -0.3 is 9.84 Å². The maximum atomic E-state index is 12.2. The molecule has 0 saturated heterocycles. The van der Waals surface area contributed by atoms with Gasteiger partial charge >= 0.3 is 5.97 Å². The number of nitrogens with one attached hydrogen (secondary N) is 1. The number of carboxylic acids is 1. The van der Waals surface area contributed by atoms with E-state index in [0.29, 0.717) is 5.56 Å². The standard InChI is InChI=1S/C12H17NO5S/c1-7-5-8(2)11(10(6-7)18-4)19(16,17)13-9(3)12(14)15/h5-6,9,13H,1-4H3,(H,14,15)/t9-/m0/s1. The van der Waals surface area contributed by atoms with Gasteiger partial charge in [0.25, 0.3) is 0 Å². The van der Waals surface area contributed by atoms with Crippen LogP contribution in [0, 0.1) is 13.8 Å². The first-order valence-electron chi connectivity index (χ1n) is 5.59. The molecule has 0 amide bonds. The van der Waals surface area contributed by atoms with Crippen LogP contribution in [0.15, 0.2) is 17.0 Å². The van der Waals surface area contributed by atoms with Crippen molar-refractivity contribution < 1.29 is 23.1 Å². The fourth-order valence-electron chi connectivity index (χ4n) is 1.75. The molecule has 2 N–H and O–H groups in total. The van der Waals surface area contributed by atoms with Crippen molar-refractivity contribution in [1.82, 2.24) is 4.72 Å².